The van der Waals surface area contributed by atoms with E-state index in [-0.39, 0.29) is 5.91 Å². The minimum Gasteiger partial charge on any atom is -0.325 e. The van der Waals surface area contributed by atoms with Crippen LogP contribution in [0.25, 0.3) is 0 Å². The van der Waals surface area contributed by atoms with Crippen molar-refractivity contribution in [1.29, 1.82) is 0 Å². The number of rotatable bonds is 3. The van der Waals surface area contributed by atoms with E-state index in [0.717, 1.165) is 26.9 Å². The van der Waals surface area contributed by atoms with Crippen LogP contribution in [0.4, 0.5) is 5.69 Å². The highest BCUT2D eigenvalue weighted by Crippen LogP contribution is 2.23. The first kappa shape index (κ1) is 14.8. The summed E-state index contributed by atoms with van der Waals surface area (Å²) in [6.45, 7) is 6.08. The average molecular weight is 332 g/mol. The Bertz CT molecular complexity index is 594. The van der Waals surface area contributed by atoms with Crippen molar-refractivity contribution in [3.05, 3.63) is 63.1 Å². The average Bonchev–Trinajstić information content (AvgIpc) is 2.38. The van der Waals surface area contributed by atoms with Crippen molar-refractivity contribution in [2.45, 2.75) is 27.2 Å². The minimum absolute atomic E-state index is 0.00463. The molecule has 0 radical (unpaired) electrons. The van der Waals surface area contributed by atoms with Gasteiger partial charge in [-0.1, -0.05) is 29.8 Å². The Morgan fingerprint density at radius 1 is 1.05 bits per heavy atom. The molecule has 2 rings (SSSR count). The van der Waals surface area contributed by atoms with E-state index in [9.17, 15) is 4.79 Å². The third kappa shape index (κ3) is 3.70. The number of nitrogens with one attached hydrogen (secondary N) is 1. The third-order valence-electron chi connectivity index (χ3n) is 3.25. The minimum atomic E-state index is 0.00463. The predicted molar refractivity (Wildman–Crippen MR) is 87.1 cm³/mol. The van der Waals surface area contributed by atoms with E-state index in [1.54, 1.807) is 0 Å². The fourth-order valence-electron chi connectivity index (χ4n) is 2.09. The first-order valence-electron chi connectivity index (χ1n) is 6.58. The van der Waals surface area contributed by atoms with Gasteiger partial charge in [0.15, 0.2) is 0 Å². The van der Waals surface area contributed by atoms with E-state index in [1.165, 1.54) is 5.56 Å². The van der Waals surface area contributed by atoms with E-state index >= 15 is 0 Å². The van der Waals surface area contributed by atoms with E-state index in [0.29, 0.717) is 6.42 Å². The second-order valence-corrected chi connectivity index (χ2v) is 5.99. The van der Waals surface area contributed by atoms with E-state index < -0.39 is 0 Å². The van der Waals surface area contributed by atoms with Crippen LogP contribution in [0, 0.1) is 20.8 Å². The van der Waals surface area contributed by atoms with Crippen LogP contribution < -0.4 is 5.32 Å². The molecule has 0 heterocycles. The molecule has 2 nitrogen and oxygen atoms in total. The summed E-state index contributed by atoms with van der Waals surface area (Å²) in [6.07, 6.45) is 0.397. The van der Waals surface area contributed by atoms with Crippen molar-refractivity contribution >= 4 is 27.5 Å². The molecule has 0 spiro atoms. The van der Waals surface area contributed by atoms with Crippen LogP contribution in [0.2, 0.25) is 0 Å². The van der Waals surface area contributed by atoms with E-state index in [2.05, 4.69) is 39.4 Å². The Kier molecular flexibility index (Phi) is 4.61. The zero-order valence-corrected chi connectivity index (χ0v) is 13.5. The lowest BCUT2D eigenvalue weighted by molar-refractivity contribution is -0.115. The SMILES string of the molecule is Cc1ccc(C)c(CC(=O)Nc2cc(C)ccc2Br)c1. The highest BCUT2D eigenvalue weighted by molar-refractivity contribution is 9.10. The molecular weight excluding hydrogens is 314 g/mol. The number of amides is 1. The second-order valence-electron chi connectivity index (χ2n) is 5.14. The first-order chi connectivity index (χ1) is 9.45. The van der Waals surface area contributed by atoms with Gasteiger partial charge in [0.05, 0.1) is 12.1 Å². The van der Waals surface area contributed by atoms with Crippen molar-refractivity contribution in [2.24, 2.45) is 0 Å². The lowest BCUT2D eigenvalue weighted by atomic mass is 10.0. The zero-order chi connectivity index (χ0) is 14.7. The van der Waals surface area contributed by atoms with Crippen LogP contribution in [0.3, 0.4) is 0 Å². The Morgan fingerprint density at radius 3 is 2.45 bits per heavy atom. The van der Waals surface area contributed by atoms with Gasteiger partial charge in [-0.3, -0.25) is 4.79 Å². The van der Waals surface area contributed by atoms with Crippen molar-refractivity contribution in [3.63, 3.8) is 0 Å². The van der Waals surface area contributed by atoms with Crippen LogP contribution >= 0.6 is 15.9 Å². The summed E-state index contributed by atoms with van der Waals surface area (Å²) in [6, 6.07) is 12.1. The molecule has 1 N–H and O–H groups in total. The summed E-state index contributed by atoms with van der Waals surface area (Å²) in [5.74, 6) is 0.00463. The van der Waals surface area contributed by atoms with Crippen LogP contribution in [-0.2, 0) is 11.2 Å². The maximum absolute atomic E-state index is 12.2. The molecule has 0 aliphatic rings. The molecule has 0 aliphatic heterocycles. The lowest BCUT2D eigenvalue weighted by Gasteiger charge is -2.10. The molecule has 0 atom stereocenters. The Balaban J connectivity index is 2.13. The van der Waals surface area contributed by atoms with Crippen molar-refractivity contribution in [1.82, 2.24) is 0 Å². The molecule has 104 valence electrons. The zero-order valence-electron chi connectivity index (χ0n) is 12.0. The maximum Gasteiger partial charge on any atom is 0.228 e. The van der Waals surface area contributed by atoms with Crippen LogP contribution in [0.15, 0.2) is 40.9 Å². The second kappa shape index (κ2) is 6.23. The van der Waals surface area contributed by atoms with E-state index in [1.807, 2.05) is 39.0 Å². The van der Waals surface area contributed by atoms with Crippen molar-refractivity contribution in [3.8, 4) is 0 Å². The maximum atomic E-state index is 12.2. The van der Waals surface area contributed by atoms with Crippen LogP contribution in [-0.4, -0.2) is 5.91 Å². The number of hydrogen-bond acceptors (Lipinski definition) is 1. The summed E-state index contributed by atoms with van der Waals surface area (Å²) < 4.78 is 0.900. The molecule has 3 heteroatoms. The van der Waals surface area contributed by atoms with Gasteiger partial charge >= 0.3 is 0 Å². The number of carbonyl (C=O) groups excluding carboxylic acids is 1. The van der Waals surface area contributed by atoms with Gasteiger partial charge in [-0.05, 0) is 65.5 Å². The predicted octanol–water partition coefficient (Wildman–Crippen LogP) is 4.56. The molecule has 0 bridgehead atoms. The van der Waals surface area contributed by atoms with Gasteiger partial charge in [-0.2, -0.15) is 0 Å². The van der Waals surface area contributed by atoms with E-state index in [4.69, 9.17) is 0 Å². The topological polar surface area (TPSA) is 29.1 Å². The molecule has 2 aromatic rings. The summed E-state index contributed by atoms with van der Waals surface area (Å²) in [7, 11) is 0. The monoisotopic (exact) mass is 331 g/mol. The van der Waals surface area contributed by atoms with Gasteiger partial charge in [0.2, 0.25) is 5.91 Å². The molecule has 0 aromatic heterocycles. The Labute approximate surface area is 128 Å². The number of benzene rings is 2. The number of anilines is 1. The molecule has 0 aliphatic carbocycles. The Hall–Kier alpha value is -1.61. The number of carbonyl (C=O) groups is 1. The summed E-state index contributed by atoms with van der Waals surface area (Å²) in [5.41, 5.74) is 5.34. The van der Waals surface area contributed by atoms with Crippen molar-refractivity contribution < 1.29 is 4.79 Å². The van der Waals surface area contributed by atoms with Gasteiger partial charge in [-0.15, -0.1) is 0 Å². The number of halogens is 1. The van der Waals surface area contributed by atoms with Crippen molar-refractivity contribution in [2.75, 3.05) is 5.32 Å². The quantitative estimate of drug-likeness (QED) is 0.877. The molecule has 20 heavy (non-hydrogen) atoms. The number of aryl methyl sites for hydroxylation is 3. The molecule has 0 saturated carbocycles. The highest BCUT2D eigenvalue weighted by atomic mass is 79.9. The fraction of sp³-hybridized carbons (Fsp3) is 0.235. The van der Waals surface area contributed by atoms with Gasteiger partial charge in [0.1, 0.15) is 0 Å². The standard InChI is InChI=1S/C17H18BrNO/c1-11-4-6-13(3)14(8-11)10-17(20)19-16-9-12(2)5-7-15(16)18/h4-9H,10H2,1-3H3,(H,19,20). The summed E-state index contributed by atoms with van der Waals surface area (Å²) in [5, 5.41) is 2.96. The summed E-state index contributed by atoms with van der Waals surface area (Å²) >= 11 is 3.46. The van der Waals surface area contributed by atoms with Crippen LogP contribution in [0.5, 0.6) is 0 Å². The molecule has 0 fully saturated rings. The Morgan fingerprint density at radius 2 is 1.70 bits per heavy atom. The third-order valence-corrected chi connectivity index (χ3v) is 3.94. The molecular formula is C17H18BrNO. The summed E-state index contributed by atoms with van der Waals surface area (Å²) in [4.78, 5) is 12.2. The largest absolute Gasteiger partial charge is 0.325 e. The fourth-order valence-corrected chi connectivity index (χ4v) is 2.44. The molecule has 0 saturated heterocycles. The molecule has 2 aromatic carbocycles. The van der Waals surface area contributed by atoms with Gasteiger partial charge in [-0.25, -0.2) is 0 Å². The molecule has 1 amide bonds. The number of hydrogen-bond donors (Lipinski definition) is 1. The van der Waals surface area contributed by atoms with Gasteiger partial charge < -0.3 is 5.32 Å². The normalized spacial score (nSPS) is 10.4. The lowest BCUT2D eigenvalue weighted by Crippen LogP contribution is -2.15. The smallest absolute Gasteiger partial charge is 0.228 e. The van der Waals surface area contributed by atoms with Crippen LogP contribution in [0.1, 0.15) is 22.3 Å². The van der Waals surface area contributed by atoms with Gasteiger partial charge in [0, 0.05) is 4.47 Å². The van der Waals surface area contributed by atoms with Gasteiger partial charge in [0.25, 0.3) is 0 Å². The highest BCUT2D eigenvalue weighted by Gasteiger charge is 2.09. The first-order valence-corrected chi connectivity index (χ1v) is 7.37. The molecule has 0 unspecified atom stereocenters.